The quantitative estimate of drug-likeness (QED) is 0.728. The van der Waals surface area contributed by atoms with Gasteiger partial charge in [-0.1, -0.05) is 66.7 Å². The van der Waals surface area contributed by atoms with Crippen molar-refractivity contribution in [2.24, 2.45) is 0 Å². The van der Waals surface area contributed by atoms with Crippen molar-refractivity contribution in [2.75, 3.05) is 20.3 Å². The van der Waals surface area contributed by atoms with E-state index in [1.54, 1.807) is 6.07 Å². The van der Waals surface area contributed by atoms with Gasteiger partial charge in [0, 0.05) is 12.7 Å². The van der Waals surface area contributed by atoms with Crippen LogP contribution in [0.4, 0.5) is 0 Å². The number of fused-ring (bicyclic) bond motifs is 1. The summed E-state index contributed by atoms with van der Waals surface area (Å²) >= 11 is 0. The third-order valence-corrected chi connectivity index (χ3v) is 4.27. The molecule has 25 heavy (non-hydrogen) atoms. The van der Waals surface area contributed by atoms with E-state index in [4.69, 9.17) is 4.74 Å². The van der Waals surface area contributed by atoms with E-state index in [1.807, 2.05) is 66.7 Å². The van der Waals surface area contributed by atoms with Gasteiger partial charge in [-0.25, -0.2) is 0 Å². The molecule has 4 nitrogen and oxygen atoms in total. The van der Waals surface area contributed by atoms with Gasteiger partial charge in [0.05, 0.1) is 13.2 Å². The summed E-state index contributed by atoms with van der Waals surface area (Å²) in [5.41, 5.74) is 0.0111. The molecule has 0 aliphatic rings. The molecule has 0 spiro atoms. The molecule has 0 saturated carbocycles. The molecule has 0 aliphatic heterocycles. The highest BCUT2D eigenvalue weighted by molar-refractivity contribution is 6.07. The van der Waals surface area contributed by atoms with Crippen molar-refractivity contribution < 1.29 is 14.6 Å². The predicted octanol–water partition coefficient (Wildman–Crippen LogP) is 3.10. The maximum absolute atomic E-state index is 12.7. The molecule has 0 bridgehead atoms. The molecule has 0 unspecified atom stereocenters. The smallest absolute Gasteiger partial charge is 0.252 e. The van der Waals surface area contributed by atoms with Crippen LogP contribution in [-0.2, 0) is 10.3 Å². The number of hydrogen-bond donors (Lipinski definition) is 2. The number of methoxy groups -OCH3 is 1. The van der Waals surface area contributed by atoms with Crippen LogP contribution in [0.1, 0.15) is 15.9 Å². The van der Waals surface area contributed by atoms with Crippen LogP contribution >= 0.6 is 0 Å². The first kappa shape index (κ1) is 17.1. The Labute approximate surface area is 147 Å². The van der Waals surface area contributed by atoms with E-state index >= 15 is 0 Å². The topological polar surface area (TPSA) is 58.6 Å². The molecular formula is C21H21NO3. The number of benzene rings is 3. The number of hydrogen-bond acceptors (Lipinski definition) is 3. The predicted molar refractivity (Wildman–Crippen MR) is 98.5 cm³/mol. The van der Waals surface area contributed by atoms with Gasteiger partial charge >= 0.3 is 0 Å². The van der Waals surface area contributed by atoms with E-state index in [0.29, 0.717) is 11.1 Å². The molecule has 3 aromatic carbocycles. The van der Waals surface area contributed by atoms with Gasteiger partial charge in [0.1, 0.15) is 5.60 Å². The highest BCUT2D eigenvalue weighted by Crippen LogP contribution is 2.22. The number of amides is 1. The largest absolute Gasteiger partial charge is 0.381 e. The van der Waals surface area contributed by atoms with E-state index in [0.717, 1.165) is 10.8 Å². The number of carbonyl (C=O) groups excluding carboxylic acids is 1. The molecule has 128 valence electrons. The molecule has 2 N–H and O–H groups in total. The Morgan fingerprint density at radius 2 is 1.68 bits per heavy atom. The van der Waals surface area contributed by atoms with Gasteiger partial charge in [-0.15, -0.1) is 0 Å². The van der Waals surface area contributed by atoms with Gasteiger partial charge in [0.2, 0.25) is 0 Å². The van der Waals surface area contributed by atoms with Crippen molar-refractivity contribution >= 4 is 16.7 Å². The molecule has 3 rings (SSSR count). The normalized spacial score (nSPS) is 13.4. The Hall–Kier alpha value is -2.69. The lowest BCUT2D eigenvalue weighted by molar-refractivity contribution is -0.0334. The van der Waals surface area contributed by atoms with Crippen LogP contribution in [0.15, 0.2) is 72.8 Å². The molecule has 0 radical (unpaired) electrons. The highest BCUT2D eigenvalue weighted by atomic mass is 16.5. The third-order valence-electron chi connectivity index (χ3n) is 4.27. The molecule has 1 atom stereocenters. The Morgan fingerprint density at radius 1 is 1.00 bits per heavy atom. The zero-order valence-corrected chi connectivity index (χ0v) is 14.1. The number of aliphatic hydroxyl groups is 1. The lowest BCUT2D eigenvalue weighted by Gasteiger charge is -2.28. The van der Waals surface area contributed by atoms with E-state index in [1.165, 1.54) is 7.11 Å². The van der Waals surface area contributed by atoms with Crippen LogP contribution in [0.25, 0.3) is 10.8 Å². The fourth-order valence-corrected chi connectivity index (χ4v) is 2.97. The summed E-state index contributed by atoms with van der Waals surface area (Å²) in [6.45, 7) is 0.153. The number of ether oxygens (including phenoxy) is 1. The third kappa shape index (κ3) is 3.71. The summed E-state index contributed by atoms with van der Waals surface area (Å²) in [5, 5.41) is 15.7. The van der Waals surface area contributed by atoms with Crippen LogP contribution in [0.2, 0.25) is 0 Å². The van der Waals surface area contributed by atoms with E-state index in [-0.39, 0.29) is 19.1 Å². The summed E-state index contributed by atoms with van der Waals surface area (Å²) in [4.78, 5) is 12.7. The van der Waals surface area contributed by atoms with Gasteiger partial charge in [0.15, 0.2) is 0 Å². The molecule has 0 saturated heterocycles. The van der Waals surface area contributed by atoms with Gasteiger partial charge in [0.25, 0.3) is 5.91 Å². The first-order valence-electron chi connectivity index (χ1n) is 8.17. The van der Waals surface area contributed by atoms with Gasteiger partial charge in [-0.2, -0.15) is 0 Å². The number of carbonyl (C=O) groups is 1. The Kier molecular flexibility index (Phi) is 5.12. The molecule has 3 aromatic rings. The van der Waals surface area contributed by atoms with Crippen molar-refractivity contribution in [3.8, 4) is 0 Å². The molecular weight excluding hydrogens is 314 g/mol. The lowest BCUT2D eigenvalue weighted by atomic mass is 9.94. The highest BCUT2D eigenvalue weighted by Gasteiger charge is 2.30. The van der Waals surface area contributed by atoms with Crippen LogP contribution in [-0.4, -0.2) is 31.3 Å². The van der Waals surface area contributed by atoms with Gasteiger partial charge < -0.3 is 15.2 Å². The van der Waals surface area contributed by atoms with Crippen LogP contribution in [0.5, 0.6) is 0 Å². The second-order valence-electron chi connectivity index (χ2n) is 6.04. The molecule has 0 aromatic heterocycles. The standard InChI is InChI=1S/C21H21NO3/c1-25-15-21(24,17-10-3-2-4-11-17)14-22-20(23)19-13-7-9-16-8-5-6-12-18(16)19/h2-13,24H,14-15H2,1H3,(H,22,23)/t21-/m1/s1. The molecule has 1 amide bonds. The summed E-state index contributed by atoms with van der Waals surface area (Å²) in [6.07, 6.45) is 0. The first-order valence-corrected chi connectivity index (χ1v) is 8.17. The zero-order chi connectivity index (χ0) is 17.7. The first-order chi connectivity index (χ1) is 12.1. The summed E-state index contributed by atoms with van der Waals surface area (Å²) in [6, 6.07) is 22.6. The SMILES string of the molecule is COC[C@](O)(CNC(=O)c1cccc2ccccc12)c1ccccc1. The molecule has 0 fully saturated rings. The molecule has 0 aliphatic carbocycles. The maximum Gasteiger partial charge on any atom is 0.252 e. The second kappa shape index (κ2) is 7.47. The van der Waals surface area contributed by atoms with Crippen LogP contribution < -0.4 is 5.32 Å². The van der Waals surface area contributed by atoms with Crippen molar-refractivity contribution in [3.05, 3.63) is 83.9 Å². The lowest BCUT2D eigenvalue weighted by Crippen LogP contribution is -2.44. The fourth-order valence-electron chi connectivity index (χ4n) is 2.97. The average Bonchev–Trinajstić information content (AvgIpc) is 2.66. The second-order valence-corrected chi connectivity index (χ2v) is 6.04. The van der Waals surface area contributed by atoms with E-state index < -0.39 is 5.60 Å². The van der Waals surface area contributed by atoms with E-state index in [9.17, 15) is 9.90 Å². The van der Waals surface area contributed by atoms with Crippen molar-refractivity contribution in [1.82, 2.24) is 5.32 Å². The van der Waals surface area contributed by atoms with Crippen molar-refractivity contribution in [1.29, 1.82) is 0 Å². The van der Waals surface area contributed by atoms with Crippen LogP contribution in [0, 0.1) is 0 Å². The molecule has 0 heterocycles. The zero-order valence-electron chi connectivity index (χ0n) is 14.1. The minimum Gasteiger partial charge on any atom is -0.381 e. The van der Waals surface area contributed by atoms with Crippen LogP contribution in [0.3, 0.4) is 0 Å². The Balaban J connectivity index is 1.82. The monoisotopic (exact) mass is 335 g/mol. The number of rotatable bonds is 6. The minimum absolute atomic E-state index is 0.0624. The number of nitrogens with one attached hydrogen (secondary N) is 1. The average molecular weight is 335 g/mol. The minimum atomic E-state index is -1.28. The fraction of sp³-hybridized carbons (Fsp3) is 0.190. The summed E-state index contributed by atoms with van der Waals surface area (Å²) < 4.78 is 5.17. The van der Waals surface area contributed by atoms with Gasteiger partial charge in [-0.3, -0.25) is 4.79 Å². The Bertz CT molecular complexity index is 858. The summed E-state index contributed by atoms with van der Waals surface area (Å²) in [7, 11) is 1.53. The van der Waals surface area contributed by atoms with Crippen molar-refractivity contribution in [3.63, 3.8) is 0 Å². The Morgan fingerprint density at radius 3 is 2.44 bits per heavy atom. The maximum atomic E-state index is 12.7. The molecule has 4 heteroatoms. The summed E-state index contributed by atoms with van der Waals surface area (Å²) in [5.74, 6) is -0.220. The van der Waals surface area contributed by atoms with Gasteiger partial charge in [-0.05, 0) is 22.4 Å². The van der Waals surface area contributed by atoms with E-state index in [2.05, 4.69) is 5.32 Å². The van der Waals surface area contributed by atoms with Crippen molar-refractivity contribution in [2.45, 2.75) is 5.60 Å².